The van der Waals surface area contributed by atoms with Crippen molar-refractivity contribution in [1.82, 2.24) is 0 Å². The molecular weight excluding hydrogens is 220 g/mol. The summed E-state index contributed by atoms with van der Waals surface area (Å²) in [6.07, 6.45) is 7.27. The average Bonchev–Trinajstić information content (AvgIpc) is 2.41. The van der Waals surface area contributed by atoms with Crippen LogP contribution in [0, 0.1) is 5.92 Å². The Hall–Kier alpha value is -1.08. The minimum absolute atomic E-state index is 0.627. The fourth-order valence-electron chi connectivity index (χ4n) is 2.74. The molecule has 0 unspecified atom stereocenters. The van der Waals surface area contributed by atoms with Crippen molar-refractivity contribution < 1.29 is 4.74 Å². The van der Waals surface area contributed by atoms with Gasteiger partial charge in [0.15, 0.2) is 0 Å². The summed E-state index contributed by atoms with van der Waals surface area (Å²) in [5.74, 6) is 1.71. The van der Waals surface area contributed by atoms with Crippen molar-refractivity contribution in [3.05, 3.63) is 48.0 Å². The highest BCUT2D eigenvalue weighted by Crippen LogP contribution is 2.35. The maximum atomic E-state index is 5.45. The fourth-order valence-corrected chi connectivity index (χ4v) is 2.74. The van der Waals surface area contributed by atoms with Crippen molar-refractivity contribution in [2.75, 3.05) is 6.61 Å². The molecule has 0 atom stereocenters. The molecule has 1 aliphatic carbocycles. The molecule has 18 heavy (non-hydrogen) atoms. The van der Waals surface area contributed by atoms with Gasteiger partial charge in [0.05, 0.1) is 13.2 Å². The number of hydrogen-bond donors (Lipinski definition) is 0. The summed E-state index contributed by atoms with van der Waals surface area (Å²) in [4.78, 5) is 0. The van der Waals surface area contributed by atoms with E-state index in [1.54, 1.807) is 6.08 Å². The van der Waals surface area contributed by atoms with Gasteiger partial charge in [0, 0.05) is 0 Å². The van der Waals surface area contributed by atoms with Crippen LogP contribution < -0.4 is 0 Å². The lowest BCUT2D eigenvalue weighted by molar-refractivity contribution is 0.149. The zero-order chi connectivity index (χ0) is 12.8. The molecule has 0 heterocycles. The number of hydrogen-bond acceptors (Lipinski definition) is 1. The van der Waals surface area contributed by atoms with Crippen LogP contribution in [0.25, 0.3) is 0 Å². The average molecular weight is 244 g/mol. The quantitative estimate of drug-likeness (QED) is 0.539. The number of ether oxygens (including phenoxy) is 1. The van der Waals surface area contributed by atoms with E-state index in [0.717, 1.165) is 11.8 Å². The van der Waals surface area contributed by atoms with E-state index in [9.17, 15) is 0 Å². The molecule has 0 aliphatic heterocycles. The predicted octanol–water partition coefficient (Wildman–Crippen LogP) is 4.68. The van der Waals surface area contributed by atoms with Crippen molar-refractivity contribution in [1.29, 1.82) is 0 Å². The van der Waals surface area contributed by atoms with Crippen molar-refractivity contribution in [3.63, 3.8) is 0 Å². The molecule has 0 saturated heterocycles. The molecule has 0 radical (unpaired) electrons. The van der Waals surface area contributed by atoms with E-state index in [1.165, 1.54) is 36.8 Å². The van der Waals surface area contributed by atoms with Crippen LogP contribution in [0.2, 0.25) is 0 Å². The Morgan fingerprint density at radius 1 is 1.17 bits per heavy atom. The maximum Gasteiger partial charge on any atom is 0.0721 e. The van der Waals surface area contributed by atoms with E-state index in [2.05, 4.69) is 37.8 Å². The van der Waals surface area contributed by atoms with Crippen LogP contribution in [0.4, 0.5) is 0 Å². The second-order valence-electron chi connectivity index (χ2n) is 5.50. The second kappa shape index (κ2) is 6.75. The van der Waals surface area contributed by atoms with E-state index in [0.29, 0.717) is 13.2 Å². The second-order valence-corrected chi connectivity index (χ2v) is 5.50. The van der Waals surface area contributed by atoms with Gasteiger partial charge in [-0.1, -0.05) is 50.1 Å². The van der Waals surface area contributed by atoms with Crippen molar-refractivity contribution in [2.45, 2.75) is 45.1 Å². The van der Waals surface area contributed by atoms with Gasteiger partial charge in [0.1, 0.15) is 0 Å². The van der Waals surface area contributed by atoms with Gasteiger partial charge in [-0.05, 0) is 35.8 Å². The molecule has 0 bridgehead atoms. The van der Waals surface area contributed by atoms with Gasteiger partial charge in [-0.3, -0.25) is 0 Å². The first-order valence-corrected chi connectivity index (χ1v) is 7.07. The SMILES string of the molecule is C=CCOCc1ccc([C@H]2CC[C@H](C)CC2)cc1. The number of rotatable bonds is 5. The monoisotopic (exact) mass is 244 g/mol. The zero-order valence-corrected chi connectivity index (χ0v) is 11.4. The molecule has 1 nitrogen and oxygen atoms in total. The first-order chi connectivity index (χ1) is 8.79. The van der Waals surface area contributed by atoms with Crippen molar-refractivity contribution in [2.24, 2.45) is 5.92 Å². The minimum Gasteiger partial charge on any atom is -0.373 e. The van der Waals surface area contributed by atoms with Crippen LogP contribution in [0.1, 0.15) is 49.7 Å². The molecule has 2 rings (SSSR count). The van der Waals surface area contributed by atoms with Crippen LogP contribution in [-0.4, -0.2) is 6.61 Å². The third-order valence-corrected chi connectivity index (χ3v) is 3.97. The van der Waals surface area contributed by atoms with Gasteiger partial charge < -0.3 is 4.74 Å². The topological polar surface area (TPSA) is 9.23 Å². The molecule has 1 saturated carbocycles. The van der Waals surface area contributed by atoms with E-state index < -0.39 is 0 Å². The van der Waals surface area contributed by atoms with Crippen LogP contribution >= 0.6 is 0 Å². The Kier molecular flexibility index (Phi) is 5.00. The first-order valence-electron chi connectivity index (χ1n) is 7.07. The molecule has 98 valence electrons. The summed E-state index contributed by atoms with van der Waals surface area (Å²) in [5, 5.41) is 0. The van der Waals surface area contributed by atoms with Crippen molar-refractivity contribution >= 4 is 0 Å². The van der Waals surface area contributed by atoms with Gasteiger partial charge in [0.2, 0.25) is 0 Å². The largest absolute Gasteiger partial charge is 0.373 e. The molecule has 1 aromatic carbocycles. The van der Waals surface area contributed by atoms with E-state index >= 15 is 0 Å². The standard InChI is InChI=1S/C17H24O/c1-3-12-18-13-15-6-10-17(11-7-15)16-8-4-14(2)5-9-16/h3,6-7,10-11,14,16H,1,4-5,8-9,12-13H2,2H3/t14-,16-. The highest BCUT2D eigenvalue weighted by atomic mass is 16.5. The van der Waals surface area contributed by atoms with Crippen LogP contribution in [0.15, 0.2) is 36.9 Å². The summed E-state index contributed by atoms with van der Waals surface area (Å²) in [7, 11) is 0. The lowest BCUT2D eigenvalue weighted by Gasteiger charge is -2.26. The van der Waals surface area contributed by atoms with E-state index in [-0.39, 0.29) is 0 Å². The Morgan fingerprint density at radius 2 is 1.83 bits per heavy atom. The highest BCUT2D eigenvalue weighted by Gasteiger charge is 2.19. The van der Waals surface area contributed by atoms with Crippen LogP contribution in [0.3, 0.4) is 0 Å². The molecule has 0 spiro atoms. The van der Waals surface area contributed by atoms with Gasteiger partial charge in [-0.25, -0.2) is 0 Å². The maximum absolute atomic E-state index is 5.45. The van der Waals surface area contributed by atoms with E-state index in [4.69, 9.17) is 4.74 Å². The Bertz CT molecular complexity index is 358. The van der Waals surface area contributed by atoms with Gasteiger partial charge in [0.25, 0.3) is 0 Å². The summed E-state index contributed by atoms with van der Waals surface area (Å²) in [6, 6.07) is 8.98. The van der Waals surface area contributed by atoms with E-state index in [1.807, 2.05) is 0 Å². The lowest BCUT2D eigenvalue weighted by atomic mass is 9.79. The van der Waals surface area contributed by atoms with Gasteiger partial charge in [-0.2, -0.15) is 0 Å². The molecule has 0 N–H and O–H groups in total. The summed E-state index contributed by atoms with van der Waals surface area (Å²) < 4.78 is 5.45. The number of benzene rings is 1. The Balaban J connectivity index is 1.88. The van der Waals surface area contributed by atoms with Crippen LogP contribution in [-0.2, 0) is 11.3 Å². The molecule has 1 heteroatoms. The molecule has 0 aromatic heterocycles. The lowest BCUT2D eigenvalue weighted by Crippen LogP contribution is -2.10. The smallest absolute Gasteiger partial charge is 0.0721 e. The third-order valence-electron chi connectivity index (χ3n) is 3.97. The summed E-state index contributed by atoms with van der Waals surface area (Å²) in [6.45, 7) is 7.34. The summed E-state index contributed by atoms with van der Waals surface area (Å²) >= 11 is 0. The predicted molar refractivity (Wildman–Crippen MR) is 76.7 cm³/mol. The third kappa shape index (κ3) is 3.71. The minimum atomic E-state index is 0.627. The van der Waals surface area contributed by atoms with Gasteiger partial charge in [-0.15, -0.1) is 6.58 Å². The normalized spacial score (nSPS) is 23.8. The van der Waals surface area contributed by atoms with Crippen molar-refractivity contribution in [3.8, 4) is 0 Å². The molecule has 1 aromatic rings. The zero-order valence-electron chi connectivity index (χ0n) is 11.4. The Morgan fingerprint density at radius 3 is 2.44 bits per heavy atom. The van der Waals surface area contributed by atoms with Crippen LogP contribution in [0.5, 0.6) is 0 Å². The first kappa shape index (κ1) is 13.4. The highest BCUT2D eigenvalue weighted by molar-refractivity contribution is 5.25. The molecule has 1 fully saturated rings. The fraction of sp³-hybridized carbons (Fsp3) is 0.529. The molecule has 1 aliphatic rings. The van der Waals surface area contributed by atoms with Gasteiger partial charge >= 0.3 is 0 Å². The molecular formula is C17H24O. The summed E-state index contributed by atoms with van der Waals surface area (Å²) in [5.41, 5.74) is 2.76. The molecule has 0 amide bonds. The Labute approximate surface area is 111 Å².